The van der Waals surface area contributed by atoms with E-state index in [1.807, 2.05) is 0 Å². The van der Waals surface area contributed by atoms with Crippen LogP contribution in [0.25, 0.3) is 0 Å². The lowest BCUT2D eigenvalue weighted by Crippen LogP contribution is -2.08. The molecule has 0 amide bonds. The Balaban J connectivity index is 2.32. The van der Waals surface area contributed by atoms with Gasteiger partial charge in [-0.3, -0.25) is 0 Å². The summed E-state index contributed by atoms with van der Waals surface area (Å²) in [7, 11) is 0. The maximum absolute atomic E-state index is 12.7. The summed E-state index contributed by atoms with van der Waals surface area (Å²) < 4.78 is 38.0. The van der Waals surface area contributed by atoms with Gasteiger partial charge in [-0.25, -0.2) is 0 Å². The molecule has 82 valence electrons. The zero-order chi connectivity index (χ0) is 11.1. The third-order valence-electron chi connectivity index (χ3n) is 2.79. The molecule has 2 rings (SSSR count). The standard InChI is InChI=1S/C11H10BrF3/c12-6-7-5-9(7)8-3-1-2-4-10(8)11(13,14)15/h1-4,7,9H,5-6H2. The second-order valence-electron chi connectivity index (χ2n) is 3.84. The van der Waals surface area contributed by atoms with E-state index in [1.165, 1.54) is 12.1 Å². The molecule has 0 spiro atoms. The van der Waals surface area contributed by atoms with Crippen molar-refractivity contribution in [1.29, 1.82) is 0 Å². The summed E-state index contributed by atoms with van der Waals surface area (Å²) in [6, 6.07) is 5.88. The molecule has 1 saturated carbocycles. The first-order chi connectivity index (χ1) is 7.04. The molecule has 1 aromatic carbocycles. The minimum Gasteiger partial charge on any atom is -0.166 e. The second kappa shape index (κ2) is 3.81. The fourth-order valence-electron chi connectivity index (χ4n) is 1.88. The van der Waals surface area contributed by atoms with Crippen LogP contribution in [0.15, 0.2) is 24.3 Å². The zero-order valence-electron chi connectivity index (χ0n) is 7.89. The van der Waals surface area contributed by atoms with Crippen LogP contribution in [0.2, 0.25) is 0 Å². The monoisotopic (exact) mass is 278 g/mol. The van der Waals surface area contributed by atoms with Gasteiger partial charge < -0.3 is 0 Å². The van der Waals surface area contributed by atoms with Crippen molar-refractivity contribution in [2.24, 2.45) is 5.92 Å². The van der Waals surface area contributed by atoms with Gasteiger partial charge in [0.05, 0.1) is 5.56 Å². The molecule has 0 bridgehead atoms. The van der Waals surface area contributed by atoms with Crippen LogP contribution in [0.4, 0.5) is 13.2 Å². The number of rotatable bonds is 2. The Labute approximate surface area is 94.6 Å². The van der Waals surface area contributed by atoms with Crippen molar-refractivity contribution in [2.75, 3.05) is 5.33 Å². The first-order valence-electron chi connectivity index (χ1n) is 4.76. The van der Waals surface area contributed by atoms with Crippen LogP contribution in [0.3, 0.4) is 0 Å². The number of hydrogen-bond donors (Lipinski definition) is 0. The highest BCUT2D eigenvalue weighted by Gasteiger charge is 2.43. The fourth-order valence-corrected chi connectivity index (χ4v) is 2.59. The second-order valence-corrected chi connectivity index (χ2v) is 4.49. The Bertz CT molecular complexity index is 359. The lowest BCUT2D eigenvalue weighted by Gasteiger charge is -2.12. The third kappa shape index (κ3) is 2.19. The van der Waals surface area contributed by atoms with Crippen LogP contribution in [-0.2, 0) is 6.18 Å². The molecule has 2 unspecified atom stereocenters. The van der Waals surface area contributed by atoms with Crippen molar-refractivity contribution in [3.8, 4) is 0 Å². The molecule has 15 heavy (non-hydrogen) atoms. The summed E-state index contributed by atoms with van der Waals surface area (Å²) in [6.45, 7) is 0. The molecule has 0 nitrogen and oxygen atoms in total. The normalized spacial score (nSPS) is 25.3. The van der Waals surface area contributed by atoms with Crippen LogP contribution in [-0.4, -0.2) is 5.33 Å². The molecule has 0 heterocycles. The van der Waals surface area contributed by atoms with Crippen LogP contribution in [0.5, 0.6) is 0 Å². The molecule has 1 aliphatic carbocycles. The summed E-state index contributed by atoms with van der Waals surface area (Å²) in [6.07, 6.45) is -3.37. The van der Waals surface area contributed by atoms with Crippen LogP contribution < -0.4 is 0 Å². The van der Waals surface area contributed by atoms with Gasteiger partial charge in [-0.05, 0) is 29.9 Å². The highest BCUT2D eigenvalue weighted by Crippen LogP contribution is 2.51. The number of hydrogen-bond acceptors (Lipinski definition) is 0. The van der Waals surface area contributed by atoms with Crippen LogP contribution in [0.1, 0.15) is 23.5 Å². The average molecular weight is 279 g/mol. The van der Waals surface area contributed by atoms with E-state index in [9.17, 15) is 13.2 Å². The number of benzene rings is 1. The highest BCUT2D eigenvalue weighted by molar-refractivity contribution is 9.09. The molecule has 1 aromatic rings. The first-order valence-corrected chi connectivity index (χ1v) is 5.88. The molecular formula is C11H10BrF3. The molecule has 0 saturated heterocycles. The van der Waals surface area contributed by atoms with E-state index in [-0.39, 0.29) is 5.92 Å². The largest absolute Gasteiger partial charge is 0.416 e. The van der Waals surface area contributed by atoms with Crippen molar-refractivity contribution in [1.82, 2.24) is 0 Å². The van der Waals surface area contributed by atoms with Gasteiger partial charge in [0.25, 0.3) is 0 Å². The molecule has 0 aromatic heterocycles. The van der Waals surface area contributed by atoms with E-state index in [0.29, 0.717) is 11.5 Å². The molecule has 0 radical (unpaired) electrons. The summed E-state index contributed by atoms with van der Waals surface area (Å²) in [5.74, 6) is 0.454. The van der Waals surface area contributed by atoms with Crippen molar-refractivity contribution in [3.63, 3.8) is 0 Å². The quantitative estimate of drug-likeness (QED) is 0.711. The SMILES string of the molecule is FC(F)(F)c1ccccc1C1CC1CBr. The topological polar surface area (TPSA) is 0 Å². The molecule has 2 atom stereocenters. The van der Waals surface area contributed by atoms with E-state index >= 15 is 0 Å². The van der Waals surface area contributed by atoms with Crippen molar-refractivity contribution in [3.05, 3.63) is 35.4 Å². The minimum atomic E-state index is -4.23. The third-order valence-corrected chi connectivity index (χ3v) is 3.62. The van der Waals surface area contributed by atoms with Crippen molar-refractivity contribution >= 4 is 15.9 Å². The van der Waals surface area contributed by atoms with E-state index in [4.69, 9.17) is 0 Å². The lowest BCUT2D eigenvalue weighted by molar-refractivity contribution is -0.138. The van der Waals surface area contributed by atoms with Gasteiger partial charge in [-0.2, -0.15) is 13.2 Å². The molecule has 1 aliphatic rings. The van der Waals surface area contributed by atoms with Gasteiger partial charge in [0, 0.05) is 5.33 Å². The smallest absolute Gasteiger partial charge is 0.166 e. The van der Waals surface area contributed by atoms with E-state index in [0.717, 1.165) is 11.8 Å². The number of halogens is 4. The first kappa shape index (κ1) is 11.0. The van der Waals surface area contributed by atoms with E-state index in [2.05, 4.69) is 15.9 Å². The predicted molar refractivity (Wildman–Crippen MR) is 56.1 cm³/mol. The Hall–Kier alpha value is -0.510. The Morgan fingerprint density at radius 1 is 1.27 bits per heavy atom. The average Bonchev–Trinajstić information content (AvgIpc) is 2.95. The summed E-state index contributed by atoms with van der Waals surface area (Å²) in [4.78, 5) is 0. The molecule has 1 fully saturated rings. The minimum absolute atomic E-state index is 0.0854. The highest BCUT2D eigenvalue weighted by atomic mass is 79.9. The lowest BCUT2D eigenvalue weighted by atomic mass is 10.0. The van der Waals surface area contributed by atoms with Crippen LogP contribution in [0, 0.1) is 5.92 Å². The Morgan fingerprint density at radius 3 is 2.47 bits per heavy atom. The van der Waals surface area contributed by atoms with Crippen molar-refractivity contribution in [2.45, 2.75) is 18.5 Å². The molecular weight excluding hydrogens is 269 g/mol. The Kier molecular flexibility index (Phi) is 2.79. The fraction of sp³-hybridized carbons (Fsp3) is 0.455. The Morgan fingerprint density at radius 2 is 1.93 bits per heavy atom. The van der Waals surface area contributed by atoms with E-state index < -0.39 is 11.7 Å². The van der Waals surface area contributed by atoms with Gasteiger partial charge in [-0.15, -0.1) is 0 Å². The van der Waals surface area contributed by atoms with Crippen molar-refractivity contribution < 1.29 is 13.2 Å². The molecule has 0 N–H and O–H groups in total. The molecule has 4 heteroatoms. The van der Waals surface area contributed by atoms with Gasteiger partial charge >= 0.3 is 6.18 Å². The van der Waals surface area contributed by atoms with Gasteiger partial charge in [0.15, 0.2) is 0 Å². The van der Waals surface area contributed by atoms with Gasteiger partial charge in [-0.1, -0.05) is 34.1 Å². The van der Waals surface area contributed by atoms with Gasteiger partial charge in [0.2, 0.25) is 0 Å². The molecule has 0 aliphatic heterocycles. The summed E-state index contributed by atoms with van der Waals surface area (Å²) in [5, 5.41) is 0.782. The van der Waals surface area contributed by atoms with Crippen LogP contribution >= 0.6 is 15.9 Å². The van der Waals surface area contributed by atoms with Gasteiger partial charge in [0.1, 0.15) is 0 Å². The summed E-state index contributed by atoms with van der Waals surface area (Å²) in [5.41, 5.74) is -0.0205. The number of alkyl halides is 4. The maximum Gasteiger partial charge on any atom is 0.416 e. The predicted octanol–water partition coefficient (Wildman–Crippen LogP) is 4.20. The summed E-state index contributed by atoms with van der Waals surface area (Å²) >= 11 is 3.31. The maximum atomic E-state index is 12.7. The zero-order valence-corrected chi connectivity index (χ0v) is 9.48. The van der Waals surface area contributed by atoms with E-state index in [1.54, 1.807) is 12.1 Å².